The molecular formula is C22H25N3O4S. The Kier molecular flexibility index (Phi) is 6.06. The largest absolute Gasteiger partial charge is 0.494 e. The highest BCUT2D eigenvalue weighted by atomic mass is 32.1. The summed E-state index contributed by atoms with van der Waals surface area (Å²) >= 11 is 1.49. The van der Waals surface area contributed by atoms with Crippen LogP contribution in [0.1, 0.15) is 16.8 Å². The van der Waals surface area contributed by atoms with Gasteiger partial charge in [-0.05, 0) is 57.4 Å². The van der Waals surface area contributed by atoms with Crippen LogP contribution in [0.15, 0.2) is 36.4 Å². The summed E-state index contributed by atoms with van der Waals surface area (Å²) in [5, 5.41) is 0.660. The molecule has 0 atom stereocenters. The predicted octanol–water partition coefficient (Wildman–Crippen LogP) is 3.67. The van der Waals surface area contributed by atoms with E-state index in [-0.39, 0.29) is 5.91 Å². The second-order valence-electron chi connectivity index (χ2n) is 7.28. The minimum absolute atomic E-state index is 0.108. The van der Waals surface area contributed by atoms with Crippen LogP contribution in [0.5, 0.6) is 17.2 Å². The molecule has 158 valence electrons. The van der Waals surface area contributed by atoms with Gasteiger partial charge in [0.15, 0.2) is 16.6 Å². The van der Waals surface area contributed by atoms with E-state index in [4.69, 9.17) is 19.2 Å². The van der Waals surface area contributed by atoms with E-state index in [1.165, 1.54) is 11.3 Å². The molecule has 1 aliphatic rings. The molecule has 0 N–H and O–H groups in total. The fourth-order valence-corrected chi connectivity index (χ4v) is 4.36. The number of aromatic nitrogens is 1. The van der Waals surface area contributed by atoms with Crippen LogP contribution in [0, 0.1) is 0 Å². The number of hydrogen-bond donors (Lipinski definition) is 0. The quantitative estimate of drug-likeness (QED) is 0.573. The third-order valence-corrected chi connectivity index (χ3v) is 5.89. The number of ether oxygens (including phenoxy) is 3. The Balaban J connectivity index is 1.68. The number of fused-ring (bicyclic) bond motifs is 2. The molecular weight excluding hydrogens is 402 g/mol. The van der Waals surface area contributed by atoms with Gasteiger partial charge in [0.1, 0.15) is 24.5 Å². The molecule has 3 aromatic rings. The number of hydrogen-bond acceptors (Lipinski definition) is 7. The molecule has 0 radical (unpaired) electrons. The van der Waals surface area contributed by atoms with Crippen LogP contribution in [0.25, 0.3) is 10.2 Å². The van der Waals surface area contributed by atoms with Crippen molar-refractivity contribution in [3.05, 3.63) is 42.0 Å². The highest BCUT2D eigenvalue weighted by Crippen LogP contribution is 2.36. The maximum atomic E-state index is 13.5. The minimum Gasteiger partial charge on any atom is -0.494 e. The van der Waals surface area contributed by atoms with Gasteiger partial charge in [0.05, 0.1) is 11.8 Å². The molecule has 0 fully saturated rings. The van der Waals surface area contributed by atoms with Crippen molar-refractivity contribution in [2.75, 3.05) is 52.4 Å². The van der Waals surface area contributed by atoms with Gasteiger partial charge in [-0.3, -0.25) is 9.69 Å². The van der Waals surface area contributed by atoms with Crippen molar-refractivity contribution < 1.29 is 19.0 Å². The molecule has 7 nitrogen and oxygen atoms in total. The highest BCUT2D eigenvalue weighted by molar-refractivity contribution is 7.22. The smallest absolute Gasteiger partial charge is 0.260 e. The van der Waals surface area contributed by atoms with Gasteiger partial charge in [0, 0.05) is 12.1 Å². The lowest BCUT2D eigenvalue weighted by Crippen LogP contribution is -2.33. The predicted molar refractivity (Wildman–Crippen MR) is 118 cm³/mol. The second-order valence-corrected chi connectivity index (χ2v) is 8.28. The summed E-state index contributed by atoms with van der Waals surface area (Å²) in [5.41, 5.74) is 1.32. The lowest BCUT2D eigenvalue weighted by molar-refractivity contribution is 0.0984. The Hall–Kier alpha value is -2.84. The maximum absolute atomic E-state index is 13.5. The van der Waals surface area contributed by atoms with E-state index in [9.17, 15) is 4.79 Å². The van der Waals surface area contributed by atoms with Crippen molar-refractivity contribution in [1.82, 2.24) is 9.88 Å². The molecule has 1 aliphatic heterocycles. The molecule has 0 saturated carbocycles. The molecule has 0 saturated heterocycles. The first-order chi connectivity index (χ1) is 14.6. The van der Waals surface area contributed by atoms with E-state index in [1.54, 1.807) is 30.2 Å². The molecule has 0 spiro atoms. The first-order valence-electron chi connectivity index (χ1n) is 9.86. The number of nitrogens with zero attached hydrogens (tertiary/aromatic N) is 3. The van der Waals surface area contributed by atoms with E-state index >= 15 is 0 Å². The summed E-state index contributed by atoms with van der Waals surface area (Å²) < 4.78 is 17.7. The summed E-state index contributed by atoms with van der Waals surface area (Å²) in [6.45, 7) is 2.44. The standard InChI is InChI=1S/C22H25N3O4S/c1-24(2)10-5-11-25(22-23-20-17(27-3)6-4-7-19(20)30-22)21(26)15-8-9-16-18(14-15)29-13-12-28-16/h4,6-9,14H,5,10-13H2,1-3H3. The van der Waals surface area contributed by atoms with Crippen LogP contribution in [0.3, 0.4) is 0 Å². The number of methoxy groups -OCH3 is 1. The van der Waals surface area contributed by atoms with Crippen molar-refractivity contribution in [2.45, 2.75) is 6.42 Å². The number of carbonyl (C=O) groups excluding carboxylic acids is 1. The number of amides is 1. The lowest BCUT2D eigenvalue weighted by Gasteiger charge is -2.23. The van der Waals surface area contributed by atoms with Gasteiger partial charge >= 0.3 is 0 Å². The van der Waals surface area contributed by atoms with Crippen LogP contribution in [0.2, 0.25) is 0 Å². The van der Waals surface area contributed by atoms with Crippen LogP contribution < -0.4 is 19.1 Å². The van der Waals surface area contributed by atoms with Crippen molar-refractivity contribution in [3.8, 4) is 17.2 Å². The summed E-state index contributed by atoms with van der Waals surface area (Å²) in [5.74, 6) is 1.87. The summed E-state index contributed by atoms with van der Waals surface area (Å²) in [6.07, 6.45) is 0.830. The summed E-state index contributed by atoms with van der Waals surface area (Å²) in [4.78, 5) is 22.1. The number of rotatable bonds is 7. The Morgan fingerprint density at radius 2 is 1.93 bits per heavy atom. The van der Waals surface area contributed by atoms with Gasteiger partial charge < -0.3 is 19.1 Å². The van der Waals surface area contributed by atoms with Gasteiger partial charge in [-0.15, -0.1) is 0 Å². The van der Waals surface area contributed by atoms with Crippen LogP contribution in [-0.2, 0) is 0 Å². The Morgan fingerprint density at radius 1 is 1.13 bits per heavy atom. The van der Waals surface area contributed by atoms with Crippen molar-refractivity contribution in [3.63, 3.8) is 0 Å². The van der Waals surface area contributed by atoms with Gasteiger partial charge in [-0.2, -0.15) is 0 Å². The topological polar surface area (TPSA) is 64.1 Å². The van der Waals surface area contributed by atoms with Gasteiger partial charge in [0.2, 0.25) is 0 Å². The molecule has 2 heterocycles. The maximum Gasteiger partial charge on any atom is 0.260 e. The minimum atomic E-state index is -0.108. The molecule has 1 amide bonds. The number of para-hydroxylation sites is 1. The zero-order chi connectivity index (χ0) is 21.1. The second kappa shape index (κ2) is 8.89. The molecule has 0 bridgehead atoms. The number of benzene rings is 2. The van der Waals surface area contributed by atoms with Crippen molar-refractivity contribution in [1.29, 1.82) is 0 Å². The average molecular weight is 428 g/mol. The fourth-order valence-electron chi connectivity index (χ4n) is 3.35. The van der Waals surface area contributed by atoms with E-state index in [0.29, 0.717) is 47.7 Å². The molecule has 2 aromatic carbocycles. The van der Waals surface area contributed by atoms with Gasteiger partial charge in [0.25, 0.3) is 5.91 Å². The van der Waals surface area contributed by atoms with Crippen molar-refractivity contribution in [2.24, 2.45) is 0 Å². The zero-order valence-corrected chi connectivity index (χ0v) is 18.2. The molecule has 0 aliphatic carbocycles. The fraction of sp³-hybridized carbons (Fsp3) is 0.364. The SMILES string of the molecule is COc1cccc2sc(N(CCCN(C)C)C(=O)c3ccc4c(c3)OCCO4)nc12. The molecule has 1 aromatic heterocycles. The zero-order valence-electron chi connectivity index (χ0n) is 17.4. The van der Waals surface area contributed by atoms with Gasteiger partial charge in [-0.1, -0.05) is 17.4 Å². The summed E-state index contributed by atoms with van der Waals surface area (Å²) in [6, 6.07) is 11.1. The van der Waals surface area contributed by atoms with Crippen LogP contribution in [-0.4, -0.2) is 63.3 Å². The van der Waals surface area contributed by atoms with E-state index in [2.05, 4.69) is 4.90 Å². The monoisotopic (exact) mass is 427 g/mol. The molecule has 4 rings (SSSR count). The Morgan fingerprint density at radius 3 is 2.70 bits per heavy atom. The van der Waals surface area contributed by atoms with Gasteiger partial charge in [-0.25, -0.2) is 4.98 Å². The average Bonchev–Trinajstić information content (AvgIpc) is 3.19. The number of anilines is 1. The number of thiazole rings is 1. The molecule has 30 heavy (non-hydrogen) atoms. The van der Waals surface area contributed by atoms with Crippen molar-refractivity contribution >= 4 is 32.6 Å². The van der Waals surface area contributed by atoms with E-state index in [0.717, 1.165) is 23.2 Å². The highest BCUT2D eigenvalue weighted by Gasteiger charge is 2.24. The number of carbonyl (C=O) groups is 1. The third-order valence-electron chi connectivity index (χ3n) is 4.84. The third kappa shape index (κ3) is 4.20. The molecule has 8 heteroatoms. The van der Waals surface area contributed by atoms with Crippen LogP contribution >= 0.6 is 11.3 Å². The van der Waals surface area contributed by atoms with E-state index < -0.39 is 0 Å². The normalized spacial score (nSPS) is 12.9. The first-order valence-corrected chi connectivity index (χ1v) is 10.7. The molecule has 0 unspecified atom stereocenters. The van der Waals surface area contributed by atoms with E-state index in [1.807, 2.05) is 32.3 Å². The lowest BCUT2D eigenvalue weighted by atomic mass is 10.1. The Bertz CT molecular complexity index is 1050. The Labute approximate surface area is 179 Å². The first kappa shape index (κ1) is 20.4. The summed E-state index contributed by atoms with van der Waals surface area (Å²) in [7, 11) is 5.67. The van der Waals surface area contributed by atoms with Crippen LogP contribution in [0.4, 0.5) is 5.13 Å².